The molecule has 0 radical (unpaired) electrons. The van der Waals surface area contributed by atoms with Gasteiger partial charge in [-0.3, -0.25) is 4.40 Å². The van der Waals surface area contributed by atoms with Crippen molar-refractivity contribution in [2.24, 2.45) is 0 Å². The Bertz CT molecular complexity index is 676. The van der Waals surface area contributed by atoms with Crippen LogP contribution in [0.25, 0.3) is 11.0 Å². The van der Waals surface area contributed by atoms with Crippen molar-refractivity contribution in [3.8, 4) is 0 Å². The number of aromatic nitrogens is 2. The maximum atomic E-state index is 10.8. The lowest BCUT2D eigenvalue weighted by Gasteiger charge is -2.21. The highest BCUT2D eigenvalue weighted by molar-refractivity contribution is 7.15. The summed E-state index contributed by atoms with van der Waals surface area (Å²) in [4.78, 5) is 21.0. The monoisotopic (exact) mass is 306 g/mol. The number of carbonyl (C=O) groups is 1. The number of fused-ring (bicyclic) bond motifs is 1. The first-order valence-electron chi connectivity index (χ1n) is 6.95. The highest BCUT2D eigenvalue weighted by Gasteiger charge is 2.20. The average molecular weight is 306 g/mol. The molecule has 112 valence electrons. The molecule has 2 aromatic heterocycles. The van der Waals surface area contributed by atoms with Gasteiger partial charge < -0.3 is 14.9 Å². The molecular weight excluding hydrogens is 288 g/mol. The molecule has 0 unspecified atom stereocenters. The molecule has 21 heavy (non-hydrogen) atoms. The van der Waals surface area contributed by atoms with Crippen molar-refractivity contribution >= 4 is 34.2 Å². The van der Waals surface area contributed by atoms with Crippen LogP contribution in [0, 0.1) is 0 Å². The van der Waals surface area contributed by atoms with E-state index in [9.17, 15) is 4.79 Å². The molecule has 2 aromatic rings. The zero-order valence-corrected chi connectivity index (χ0v) is 12.7. The fraction of sp³-hybridized carbons (Fsp3) is 0.429. The summed E-state index contributed by atoms with van der Waals surface area (Å²) in [5, 5.41) is 10.8. The number of hydrogen-bond donors (Lipinski definition) is 1. The minimum atomic E-state index is -0.943. The van der Waals surface area contributed by atoms with Crippen molar-refractivity contribution in [1.82, 2.24) is 14.3 Å². The standard InChI is InChI=1S/C14H18N4O2S/c1-16-5-2-6-17(8-7-16)13-11(3-4-12(19)20)18-9-10-21-14(18)15-13/h3-4,9-10H,2,5-8H2,1H3,(H,19,20). The Morgan fingerprint density at radius 3 is 3.05 bits per heavy atom. The van der Waals surface area contributed by atoms with E-state index in [0.29, 0.717) is 0 Å². The van der Waals surface area contributed by atoms with E-state index in [1.54, 1.807) is 17.4 Å². The second kappa shape index (κ2) is 5.87. The maximum absolute atomic E-state index is 10.8. The molecule has 1 fully saturated rings. The molecule has 0 bridgehead atoms. The summed E-state index contributed by atoms with van der Waals surface area (Å²) in [6.07, 6.45) is 5.83. The lowest BCUT2D eigenvalue weighted by molar-refractivity contribution is -0.131. The Hall–Kier alpha value is -1.86. The third kappa shape index (κ3) is 2.93. The molecule has 0 atom stereocenters. The second-order valence-corrected chi connectivity index (χ2v) is 6.06. The number of imidazole rings is 1. The average Bonchev–Trinajstić information content (AvgIpc) is 2.94. The summed E-state index contributed by atoms with van der Waals surface area (Å²) in [5.41, 5.74) is 0.846. The molecule has 0 aromatic carbocycles. The van der Waals surface area contributed by atoms with Crippen molar-refractivity contribution in [3.05, 3.63) is 23.3 Å². The Balaban J connectivity index is 1.98. The quantitative estimate of drug-likeness (QED) is 0.874. The molecule has 0 amide bonds. The number of carboxylic acid groups (broad SMARTS) is 1. The van der Waals surface area contributed by atoms with Crippen LogP contribution >= 0.6 is 11.3 Å². The van der Waals surface area contributed by atoms with Crippen LogP contribution < -0.4 is 4.90 Å². The van der Waals surface area contributed by atoms with E-state index in [0.717, 1.165) is 49.1 Å². The highest BCUT2D eigenvalue weighted by atomic mass is 32.1. The molecule has 0 spiro atoms. The number of thiazole rings is 1. The molecule has 1 aliphatic heterocycles. The van der Waals surface area contributed by atoms with E-state index in [1.165, 1.54) is 6.08 Å². The van der Waals surface area contributed by atoms with Crippen LogP contribution in [-0.2, 0) is 4.79 Å². The summed E-state index contributed by atoms with van der Waals surface area (Å²) in [6.45, 7) is 3.94. The summed E-state index contributed by atoms with van der Waals surface area (Å²) in [5.74, 6) is -0.0589. The summed E-state index contributed by atoms with van der Waals surface area (Å²) in [7, 11) is 2.13. The normalized spacial score (nSPS) is 17.7. The molecule has 6 nitrogen and oxygen atoms in total. The molecule has 7 heteroatoms. The predicted octanol–water partition coefficient (Wildman–Crippen LogP) is 1.64. The second-order valence-electron chi connectivity index (χ2n) is 5.19. The van der Waals surface area contributed by atoms with Crippen molar-refractivity contribution in [1.29, 1.82) is 0 Å². The zero-order chi connectivity index (χ0) is 14.8. The van der Waals surface area contributed by atoms with Crippen LogP contribution in [0.15, 0.2) is 17.7 Å². The molecule has 1 aliphatic rings. The van der Waals surface area contributed by atoms with Gasteiger partial charge in [0.2, 0.25) is 0 Å². The third-order valence-electron chi connectivity index (χ3n) is 3.68. The van der Waals surface area contributed by atoms with Crippen LogP contribution in [0.1, 0.15) is 12.1 Å². The van der Waals surface area contributed by atoms with Gasteiger partial charge in [0.15, 0.2) is 10.8 Å². The van der Waals surface area contributed by atoms with Crippen molar-refractivity contribution in [2.75, 3.05) is 38.1 Å². The largest absolute Gasteiger partial charge is 0.478 e. The SMILES string of the molecule is CN1CCCN(c2nc3sccn3c2C=CC(=O)O)CC1. The Kier molecular flexibility index (Phi) is 3.94. The summed E-state index contributed by atoms with van der Waals surface area (Å²) >= 11 is 1.56. The van der Waals surface area contributed by atoms with Gasteiger partial charge in [0.05, 0.1) is 5.69 Å². The van der Waals surface area contributed by atoms with Gasteiger partial charge in [0, 0.05) is 37.3 Å². The first-order valence-corrected chi connectivity index (χ1v) is 7.83. The lowest BCUT2D eigenvalue weighted by Crippen LogP contribution is -2.29. The van der Waals surface area contributed by atoms with Gasteiger partial charge in [0.1, 0.15) is 0 Å². The molecule has 3 rings (SSSR count). The lowest BCUT2D eigenvalue weighted by atomic mass is 10.3. The topological polar surface area (TPSA) is 61.1 Å². The molecule has 0 aliphatic carbocycles. The van der Waals surface area contributed by atoms with Gasteiger partial charge in [-0.2, -0.15) is 0 Å². The van der Waals surface area contributed by atoms with Crippen LogP contribution in [-0.4, -0.2) is 58.6 Å². The van der Waals surface area contributed by atoms with Gasteiger partial charge in [-0.15, -0.1) is 11.3 Å². The van der Waals surface area contributed by atoms with Crippen LogP contribution in [0.4, 0.5) is 5.82 Å². The first-order chi connectivity index (χ1) is 10.1. The van der Waals surface area contributed by atoms with Crippen molar-refractivity contribution in [2.45, 2.75) is 6.42 Å². The molecule has 3 heterocycles. The third-order valence-corrected chi connectivity index (χ3v) is 4.44. The Labute approximate surface area is 126 Å². The molecular formula is C14H18N4O2S. The van der Waals surface area contributed by atoms with E-state index in [1.807, 2.05) is 16.0 Å². The number of nitrogens with zero attached hydrogens (tertiary/aromatic N) is 4. The van der Waals surface area contributed by atoms with E-state index in [2.05, 4.69) is 21.8 Å². The van der Waals surface area contributed by atoms with Gasteiger partial charge in [0.25, 0.3) is 0 Å². The molecule has 0 saturated carbocycles. The number of rotatable bonds is 3. The predicted molar refractivity (Wildman–Crippen MR) is 84.1 cm³/mol. The van der Waals surface area contributed by atoms with E-state index in [-0.39, 0.29) is 0 Å². The minimum absolute atomic E-state index is 0.846. The van der Waals surface area contributed by atoms with Gasteiger partial charge in [-0.1, -0.05) is 0 Å². The van der Waals surface area contributed by atoms with Gasteiger partial charge in [-0.05, 0) is 26.1 Å². The smallest absolute Gasteiger partial charge is 0.328 e. The molecule has 1 saturated heterocycles. The number of hydrogen-bond acceptors (Lipinski definition) is 5. The summed E-state index contributed by atoms with van der Waals surface area (Å²) < 4.78 is 1.95. The number of carboxylic acids is 1. The summed E-state index contributed by atoms with van der Waals surface area (Å²) in [6, 6.07) is 0. The van der Waals surface area contributed by atoms with Crippen LogP contribution in [0.3, 0.4) is 0 Å². The molecule has 1 N–H and O–H groups in total. The fourth-order valence-corrected chi connectivity index (χ4v) is 3.30. The van der Waals surface area contributed by atoms with Gasteiger partial charge >= 0.3 is 5.97 Å². The zero-order valence-electron chi connectivity index (χ0n) is 11.9. The van der Waals surface area contributed by atoms with Gasteiger partial charge in [-0.25, -0.2) is 9.78 Å². The van der Waals surface area contributed by atoms with Crippen molar-refractivity contribution in [3.63, 3.8) is 0 Å². The fourth-order valence-electron chi connectivity index (χ4n) is 2.59. The van der Waals surface area contributed by atoms with Crippen LogP contribution in [0.2, 0.25) is 0 Å². The maximum Gasteiger partial charge on any atom is 0.328 e. The van der Waals surface area contributed by atoms with Crippen LogP contribution in [0.5, 0.6) is 0 Å². The Morgan fingerprint density at radius 1 is 1.38 bits per heavy atom. The minimum Gasteiger partial charge on any atom is -0.478 e. The highest BCUT2D eigenvalue weighted by Crippen LogP contribution is 2.26. The first kappa shape index (κ1) is 14.1. The van der Waals surface area contributed by atoms with E-state index >= 15 is 0 Å². The number of aliphatic carboxylic acids is 1. The van der Waals surface area contributed by atoms with Crippen molar-refractivity contribution < 1.29 is 9.90 Å². The van der Waals surface area contributed by atoms with E-state index in [4.69, 9.17) is 5.11 Å². The number of anilines is 1. The number of likely N-dealkylation sites (N-methyl/N-ethyl adjacent to an activating group) is 1. The van der Waals surface area contributed by atoms with E-state index < -0.39 is 5.97 Å². The Morgan fingerprint density at radius 2 is 2.24 bits per heavy atom.